The minimum Gasteiger partial charge on any atom is -0.497 e. The molecule has 8 nitrogen and oxygen atoms in total. The fourth-order valence-electron chi connectivity index (χ4n) is 3.03. The van der Waals surface area contributed by atoms with Gasteiger partial charge in [-0.1, -0.05) is 36.0 Å². The Morgan fingerprint density at radius 3 is 2.53 bits per heavy atom. The molecule has 0 N–H and O–H groups in total. The number of hydrogen-bond donors (Lipinski definition) is 0. The molecular formula is C21H24N4O4S. The van der Waals surface area contributed by atoms with E-state index in [0.29, 0.717) is 33.8 Å². The Kier molecular flexibility index (Phi) is 6.94. The lowest BCUT2D eigenvalue weighted by Crippen LogP contribution is -2.14. The summed E-state index contributed by atoms with van der Waals surface area (Å²) in [6, 6.07) is 14.2. The van der Waals surface area contributed by atoms with E-state index in [4.69, 9.17) is 9.47 Å². The van der Waals surface area contributed by atoms with Gasteiger partial charge in [-0.3, -0.25) is 10.1 Å². The molecule has 0 fully saturated rings. The van der Waals surface area contributed by atoms with Crippen molar-refractivity contribution in [3.8, 4) is 11.5 Å². The lowest BCUT2D eigenvalue weighted by atomic mass is 10.2. The van der Waals surface area contributed by atoms with Gasteiger partial charge in [-0.25, -0.2) is 0 Å². The molecule has 9 heteroatoms. The molecule has 30 heavy (non-hydrogen) atoms. The number of rotatable bonds is 9. The molecule has 1 atom stereocenters. The van der Waals surface area contributed by atoms with Crippen LogP contribution < -0.4 is 9.47 Å². The summed E-state index contributed by atoms with van der Waals surface area (Å²) in [6.45, 7) is 6.00. The van der Waals surface area contributed by atoms with Crippen LogP contribution >= 0.6 is 11.8 Å². The van der Waals surface area contributed by atoms with Gasteiger partial charge in [0.2, 0.25) is 0 Å². The lowest BCUT2D eigenvalue weighted by Gasteiger charge is -2.19. The number of methoxy groups -OCH3 is 1. The SMILES string of the molecule is COc1cccc(OC(C)c2nnc(SCc3ccccc3[N+](=O)[O-])n2C(C)C)c1. The molecule has 0 saturated heterocycles. The van der Waals surface area contributed by atoms with Crippen LogP contribution in [0.2, 0.25) is 0 Å². The van der Waals surface area contributed by atoms with Gasteiger partial charge in [-0.2, -0.15) is 0 Å². The third-order valence-corrected chi connectivity index (χ3v) is 5.46. The second kappa shape index (κ2) is 9.62. The molecule has 0 aliphatic heterocycles. The van der Waals surface area contributed by atoms with E-state index in [0.717, 1.165) is 0 Å². The van der Waals surface area contributed by atoms with Crippen LogP contribution in [-0.4, -0.2) is 26.8 Å². The highest BCUT2D eigenvalue weighted by Gasteiger charge is 2.22. The first kappa shape index (κ1) is 21.6. The van der Waals surface area contributed by atoms with Crippen LogP contribution in [0, 0.1) is 10.1 Å². The summed E-state index contributed by atoms with van der Waals surface area (Å²) < 4.78 is 13.3. The van der Waals surface area contributed by atoms with E-state index >= 15 is 0 Å². The summed E-state index contributed by atoms with van der Waals surface area (Å²) in [4.78, 5) is 10.9. The van der Waals surface area contributed by atoms with Crippen molar-refractivity contribution in [3.05, 3.63) is 70.0 Å². The first-order valence-corrected chi connectivity index (χ1v) is 10.5. The van der Waals surface area contributed by atoms with E-state index in [1.165, 1.54) is 17.8 Å². The zero-order valence-corrected chi connectivity index (χ0v) is 18.1. The zero-order chi connectivity index (χ0) is 21.7. The van der Waals surface area contributed by atoms with Crippen molar-refractivity contribution in [2.75, 3.05) is 7.11 Å². The highest BCUT2D eigenvalue weighted by Crippen LogP contribution is 2.31. The third-order valence-electron chi connectivity index (χ3n) is 4.47. The molecule has 3 aromatic rings. The fraction of sp³-hybridized carbons (Fsp3) is 0.333. The number of ether oxygens (including phenoxy) is 2. The number of aromatic nitrogens is 3. The average Bonchev–Trinajstić information content (AvgIpc) is 3.17. The van der Waals surface area contributed by atoms with Crippen molar-refractivity contribution in [2.45, 2.75) is 43.8 Å². The topological polar surface area (TPSA) is 92.3 Å². The van der Waals surface area contributed by atoms with Crippen molar-refractivity contribution in [1.82, 2.24) is 14.8 Å². The van der Waals surface area contributed by atoms with Crippen LogP contribution in [0.15, 0.2) is 53.7 Å². The van der Waals surface area contributed by atoms with Crippen LogP contribution in [0.4, 0.5) is 5.69 Å². The highest BCUT2D eigenvalue weighted by atomic mass is 32.2. The largest absolute Gasteiger partial charge is 0.497 e. The molecule has 3 rings (SSSR count). The van der Waals surface area contributed by atoms with Crippen molar-refractivity contribution in [3.63, 3.8) is 0 Å². The second-order valence-corrected chi connectivity index (χ2v) is 7.86. The van der Waals surface area contributed by atoms with Crippen molar-refractivity contribution in [1.29, 1.82) is 0 Å². The Morgan fingerprint density at radius 1 is 1.10 bits per heavy atom. The molecule has 0 aliphatic rings. The van der Waals surface area contributed by atoms with Gasteiger partial charge in [0.25, 0.3) is 5.69 Å². The number of nitro benzene ring substituents is 1. The van der Waals surface area contributed by atoms with Gasteiger partial charge in [0.15, 0.2) is 17.1 Å². The number of nitro groups is 1. The maximum atomic E-state index is 11.3. The predicted octanol–water partition coefficient (Wildman–Crippen LogP) is 5.21. The molecule has 0 saturated carbocycles. The first-order valence-electron chi connectivity index (χ1n) is 9.51. The van der Waals surface area contributed by atoms with Crippen molar-refractivity contribution < 1.29 is 14.4 Å². The maximum Gasteiger partial charge on any atom is 0.273 e. The minimum atomic E-state index is -0.363. The second-order valence-electron chi connectivity index (χ2n) is 6.92. The van der Waals surface area contributed by atoms with E-state index in [1.807, 2.05) is 49.6 Å². The van der Waals surface area contributed by atoms with Crippen LogP contribution in [0.25, 0.3) is 0 Å². The van der Waals surface area contributed by atoms with Gasteiger partial charge in [0, 0.05) is 29.5 Å². The molecule has 0 bridgehead atoms. The standard InChI is InChI=1S/C21H24N4O4S/c1-14(2)24-20(15(3)29-18-10-7-9-17(12-18)28-4)22-23-21(24)30-13-16-8-5-6-11-19(16)25(26)27/h5-12,14-15H,13H2,1-4H3. The number of para-hydroxylation sites is 1. The molecule has 1 unspecified atom stereocenters. The van der Waals surface area contributed by atoms with Gasteiger partial charge >= 0.3 is 0 Å². The van der Waals surface area contributed by atoms with E-state index in [9.17, 15) is 10.1 Å². The summed E-state index contributed by atoms with van der Waals surface area (Å²) >= 11 is 1.42. The first-order chi connectivity index (χ1) is 14.4. The Balaban J connectivity index is 1.80. The summed E-state index contributed by atoms with van der Waals surface area (Å²) in [7, 11) is 1.61. The van der Waals surface area contributed by atoms with Crippen LogP contribution in [0.3, 0.4) is 0 Å². The Hall–Kier alpha value is -3.07. The van der Waals surface area contributed by atoms with Crippen molar-refractivity contribution in [2.24, 2.45) is 0 Å². The number of benzene rings is 2. The van der Waals surface area contributed by atoms with E-state index in [2.05, 4.69) is 10.2 Å². The van der Waals surface area contributed by atoms with Crippen molar-refractivity contribution >= 4 is 17.4 Å². The Bertz CT molecular complexity index is 1020. The normalized spacial score (nSPS) is 12.0. The van der Waals surface area contributed by atoms with Gasteiger partial charge in [0.05, 0.1) is 12.0 Å². The molecule has 1 aromatic heterocycles. The number of nitrogens with zero attached hydrogens (tertiary/aromatic N) is 4. The number of thioether (sulfide) groups is 1. The summed E-state index contributed by atoms with van der Waals surface area (Å²) in [5.74, 6) is 2.51. The van der Waals surface area contributed by atoms with Gasteiger partial charge in [-0.05, 0) is 32.9 Å². The third kappa shape index (κ3) is 4.91. The summed E-state index contributed by atoms with van der Waals surface area (Å²) in [5.41, 5.74) is 0.753. The van der Waals surface area contributed by atoms with E-state index in [1.54, 1.807) is 25.3 Å². The number of hydrogen-bond acceptors (Lipinski definition) is 7. The van der Waals surface area contributed by atoms with Gasteiger partial charge < -0.3 is 14.0 Å². The monoisotopic (exact) mass is 428 g/mol. The molecule has 1 heterocycles. The molecular weight excluding hydrogens is 404 g/mol. The fourth-order valence-corrected chi connectivity index (χ4v) is 4.10. The van der Waals surface area contributed by atoms with Crippen LogP contribution in [-0.2, 0) is 5.75 Å². The smallest absolute Gasteiger partial charge is 0.273 e. The van der Waals surface area contributed by atoms with E-state index < -0.39 is 0 Å². The molecule has 0 spiro atoms. The predicted molar refractivity (Wildman–Crippen MR) is 115 cm³/mol. The maximum absolute atomic E-state index is 11.3. The zero-order valence-electron chi connectivity index (χ0n) is 17.3. The molecule has 0 amide bonds. The quantitative estimate of drug-likeness (QED) is 0.262. The van der Waals surface area contributed by atoms with Crippen LogP contribution in [0.5, 0.6) is 11.5 Å². The lowest BCUT2D eigenvalue weighted by molar-refractivity contribution is -0.385. The Labute approximate surface area is 179 Å². The molecule has 0 radical (unpaired) electrons. The van der Waals surface area contributed by atoms with Crippen LogP contribution in [0.1, 0.15) is 44.3 Å². The summed E-state index contributed by atoms with van der Waals surface area (Å²) in [6.07, 6.45) is -0.340. The highest BCUT2D eigenvalue weighted by molar-refractivity contribution is 7.98. The Morgan fingerprint density at radius 2 is 1.83 bits per heavy atom. The van der Waals surface area contributed by atoms with Gasteiger partial charge in [0.1, 0.15) is 11.5 Å². The average molecular weight is 429 g/mol. The molecule has 0 aliphatic carbocycles. The van der Waals surface area contributed by atoms with Gasteiger partial charge in [-0.15, -0.1) is 10.2 Å². The summed E-state index contributed by atoms with van der Waals surface area (Å²) in [5, 5.41) is 20.6. The molecule has 2 aromatic carbocycles. The van der Waals surface area contributed by atoms with E-state index in [-0.39, 0.29) is 22.8 Å². The minimum absolute atomic E-state index is 0.0969. The molecule has 158 valence electrons.